The van der Waals surface area contributed by atoms with Crippen molar-refractivity contribution in [2.75, 3.05) is 19.0 Å². The van der Waals surface area contributed by atoms with Crippen molar-refractivity contribution in [3.8, 4) is 0 Å². The minimum Gasteiger partial charge on any atom is -0.414 e. The van der Waals surface area contributed by atoms with Crippen LogP contribution in [0.1, 0.15) is 75.5 Å². The number of anilines is 1. The van der Waals surface area contributed by atoms with Gasteiger partial charge in [-0.05, 0) is 28.2 Å². The summed E-state index contributed by atoms with van der Waals surface area (Å²) in [5.41, 5.74) is 0.179. The predicted molar refractivity (Wildman–Crippen MR) is 150 cm³/mol. The summed E-state index contributed by atoms with van der Waals surface area (Å²) in [6.07, 6.45) is -0.712. The smallest absolute Gasteiger partial charge is 0.351 e. The van der Waals surface area contributed by atoms with Gasteiger partial charge in [-0.1, -0.05) is 69.2 Å². The molecule has 2 saturated heterocycles. The summed E-state index contributed by atoms with van der Waals surface area (Å²) >= 11 is 0. The van der Waals surface area contributed by atoms with Gasteiger partial charge in [-0.15, -0.1) is 0 Å². The molecule has 0 spiro atoms. The second-order valence-electron chi connectivity index (χ2n) is 12.0. The van der Waals surface area contributed by atoms with Gasteiger partial charge in [0.05, 0.1) is 6.61 Å². The Morgan fingerprint density at radius 3 is 2.08 bits per heavy atom. The van der Waals surface area contributed by atoms with Crippen LogP contribution in [0, 0.1) is 5.92 Å². The second-order valence-corrected chi connectivity index (χ2v) is 20.8. The fourth-order valence-electron chi connectivity index (χ4n) is 5.54. The van der Waals surface area contributed by atoms with E-state index in [-0.39, 0.29) is 46.4 Å². The normalized spacial score (nSPS) is 27.2. The maximum absolute atomic E-state index is 13.1. The number of methoxy groups -OCH3 is 1. The number of hydrogen-bond donors (Lipinski definition) is 1. The highest BCUT2D eigenvalue weighted by atomic mass is 28.5. The number of nitrogens with zero attached hydrogens (tertiary/aromatic N) is 2. The number of carbonyl (C=O) groups is 1. The van der Waals surface area contributed by atoms with E-state index in [1.807, 2.05) is 0 Å². The van der Waals surface area contributed by atoms with Gasteiger partial charge < -0.3 is 27.8 Å². The van der Waals surface area contributed by atoms with Gasteiger partial charge in [0.1, 0.15) is 24.1 Å². The van der Waals surface area contributed by atoms with Crippen LogP contribution in [0.5, 0.6) is 0 Å². The van der Waals surface area contributed by atoms with Crippen LogP contribution in [0.15, 0.2) is 17.1 Å². The van der Waals surface area contributed by atoms with Crippen molar-refractivity contribution in [2.24, 2.45) is 5.92 Å². The van der Waals surface area contributed by atoms with Crippen molar-refractivity contribution in [2.45, 2.75) is 116 Å². The van der Waals surface area contributed by atoms with E-state index >= 15 is 0 Å². The lowest BCUT2D eigenvalue weighted by Crippen LogP contribution is -2.65. The minimum atomic E-state index is -2.88. The number of amides is 1. The Morgan fingerprint density at radius 2 is 1.61 bits per heavy atom. The van der Waals surface area contributed by atoms with Crippen LogP contribution in [0.4, 0.5) is 5.82 Å². The van der Waals surface area contributed by atoms with Gasteiger partial charge in [0, 0.05) is 19.2 Å². The number of carbonyl (C=O) groups excluding carboxylic acids is 1. The Morgan fingerprint density at radius 1 is 1.03 bits per heavy atom. The first-order valence-electron chi connectivity index (χ1n) is 13.8. The molecular formula is C26H47N3O7Si2. The topological polar surface area (TPSA) is 110 Å². The zero-order chi connectivity index (χ0) is 28.6. The quantitative estimate of drug-likeness (QED) is 0.449. The monoisotopic (exact) mass is 569 g/mol. The molecule has 0 unspecified atom stereocenters. The minimum absolute atomic E-state index is 0.152. The van der Waals surface area contributed by atoms with E-state index in [1.165, 1.54) is 4.57 Å². The molecule has 4 atom stereocenters. The lowest BCUT2D eigenvalue weighted by atomic mass is 10.1. The van der Waals surface area contributed by atoms with E-state index in [2.05, 4.69) is 65.7 Å². The van der Waals surface area contributed by atoms with Gasteiger partial charge in [-0.2, -0.15) is 4.98 Å². The first-order chi connectivity index (χ1) is 17.7. The van der Waals surface area contributed by atoms with E-state index in [0.717, 1.165) is 0 Å². The van der Waals surface area contributed by atoms with E-state index in [1.54, 1.807) is 33.2 Å². The molecule has 2 aliphatic heterocycles. The summed E-state index contributed by atoms with van der Waals surface area (Å²) in [5, 5.41) is 2.67. The zero-order valence-electron chi connectivity index (χ0n) is 24.8. The average Bonchev–Trinajstić information content (AvgIpc) is 3.14. The van der Waals surface area contributed by atoms with Crippen molar-refractivity contribution in [1.82, 2.24) is 9.55 Å². The van der Waals surface area contributed by atoms with Crippen LogP contribution in [0.25, 0.3) is 0 Å². The molecule has 1 aromatic heterocycles. The molecule has 1 amide bonds. The van der Waals surface area contributed by atoms with Crippen LogP contribution >= 0.6 is 0 Å². The molecule has 2 aliphatic rings. The van der Waals surface area contributed by atoms with E-state index in [9.17, 15) is 9.59 Å². The Bertz CT molecular complexity index is 1010. The van der Waals surface area contributed by atoms with Gasteiger partial charge in [-0.3, -0.25) is 9.36 Å². The first kappa shape index (κ1) is 31.1. The number of hydrogen-bond acceptors (Lipinski definition) is 8. The molecule has 0 bridgehead atoms. The Labute approximate surface area is 229 Å². The number of rotatable bonds is 8. The molecule has 0 aromatic carbocycles. The van der Waals surface area contributed by atoms with E-state index < -0.39 is 47.4 Å². The molecular weight excluding hydrogens is 522 g/mol. The lowest BCUT2D eigenvalue weighted by Gasteiger charge is -2.51. The van der Waals surface area contributed by atoms with E-state index in [0.29, 0.717) is 0 Å². The van der Waals surface area contributed by atoms with Crippen LogP contribution in [-0.2, 0) is 27.2 Å². The fourth-order valence-corrected chi connectivity index (χ4v) is 16.8. The highest BCUT2D eigenvalue weighted by Gasteiger charge is 2.62. The fraction of sp³-hybridized carbons (Fsp3) is 0.808. The number of aromatic nitrogens is 2. The molecule has 1 N–H and O–H groups in total. The molecule has 12 heteroatoms. The Balaban J connectivity index is 2.03. The van der Waals surface area contributed by atoms with Gasteiger partial charge in [0.2, 0.25) is 5.91 Å². The second kappa shape index (κ2) is 12.0. The molecule has 216 valence electrons. The summed E-state index contributed by atoms with van der Waals surface area (Å²) in [4.78, 5) is 29.2. The van der Waals surface area contributed by atoms with Gasteiger partial charge in [0.15, 0.2) is 6.23 Å². The van der Waals surface area contributed by atoms with Gasteiger partial charge >= 0.3 is 22.8 Å². The summed E-state index contributed by atoms with van der Waals surface area (Å²) in [6, 6.07) is 1.59. The first-order valence-corrected chi connectivity index (χ1v) is 17.7. The molecule has 1 aromatic rings. The number of ether oxygens (including phenoxy) is 2. The molecule has 3 heterocycles. The molecule has 0 saturated carbocycles. The summed E-state index contributed by atoms with van der Waals surface area (Å²) < 4.78 is 35.0. The molecule has 38 heavy (non-hydrogen) atoms. The van der Waals surface area contributed by atoms with Crippen molar-refractivity contribution in [3.63, 3.8) is 0 Å². The van der Waals surface area contributed by atoms with Crippen molar-refractivity contribution < 1.29 is 27.2 Å². The summed E-state index contributed by atoms with van der Waals surface area (Å²) in [5.74, 6) is -0.242. The zero-order valence-corrected chi connectivity index (χ0v) is 26.8. The van der Waals surface area contributed by atoms with Crippen molar-refractivity contribution in [1.29, 1.82) is 0 Å². The lowest BCUT2D eigenvalue weighted by molar-refractivity contribution is -0.118. The summed E-state index contributed by atoms with van der Waals surface area (Å²) in [7, 11) is -4.01. The van der Waals surface area contributed by atoms with Crippen molar-refractivity contribution >= 4 is 28.8 Å². The third-order valence-electron chi connectivity index (χ3n) is 7.77. The third kappa shape index (κ3) is 5.72. The Kier molecular flexibility index (Phi) is 9.82. The number of nitrogens with one attached hydrogen (secondary N) is 1. The standard InChI is InChI=1S/C26H47N3O7Si2/c1-15(2)24(30)27-21-12-13-29(26(31)28-21)25-23(32-11)22-20(34-25)14-33-37(16(3)4,17(5)6)36-38(35-22,18(7)8)19(9)10/h12-13,15-20,22-23,25H,14H2,1-11H3,(H,27,28,30,31)/t20-,22-,23-,25-/m1/s1. The van der Waals surface area contributed by atoms with Gasteiger partial charge in [0.25, 0.3) is 0 Å². The summed E-state index contributed by atoms with van der Waals surface area (Å²) in [6.45, 7) is 21.2. The molecule has 0 aliphatic carbocycles. The highest BCUT2D eigenvalue weighted by molar-refractivity contribution is 6.84. The third-order valence-corrected chi connectivity index (χ3v) is 18.0. The molecule has 0 radical (unpaired) electrons. The SMILES string of the molecule is CO[C@@H]1[C@@H]2O[Si](C(C)C)(C(C)C)O[Si](C(C)C)(C(C)C)OC[C@H]2O[C@H]1n1ccc(NC(=O)C(C)C)nc1=O. The van der Waals surface area contributed by atoms with Crippen LogP contribution in [-0.4, -0.2) is 64.6 Å². The van der Waals surface area contributed by atoms with Gasteiger partial charge in [-0.25, -0.2) is 4.79 Å². The Hall–Kier alpha value is -1.42. The molecule has 2 fully saturated rings. The number of fused-ring (bicyclic) bond motifs is 1. The largest absolute Gasteiger partial charge is 0.414 e. The maximum atomic E-state index is 13.1. The maximum Gasteiger partial charge on any atom is 0.351 e. The van der Waals surface area contributed by atoms with Crippen LogP contribution < -0.4 is 11.0 Å². The van der Waals surface area contributed by atoms with Crippen molar-refractivity contribution in [3.05, 3.63) is 22.7 Å². The van der Waals surface area contributed by atoms with Crippen LogP contribution in [0.3, 0.4) is 0 Å². The predicted octanol–water partition coefficient (Wildman–Crippen LogP) is 4.71. The van der Waals surface area contributed by atoms with Crippen LogP contribution in [0.2, 0.25) is 22.2 Å². The average molecular weight is 570 g/mol. The molecule has 3 rings (SSSR count). The highest BCUT2D eigenvalue weighted by Crippen LogP contribution is 2.48. The molecule has 10 nitrogen and oxygen atoms in total. The van der Waals surface area contributed by atoms with E-state index in [4.69, 9.17) is 22.4 Å².